The predicted octanol–water partition coefficient (Wildman–Crippen LogP) is 1.59. The summed E-state index contributed by atoms with van der Waals surface area (Å²) in [4.78, 5) is 12.3. The average molecular weight is 218 g/mol. The Labute approximate surface area is 96.8 Å². The smallest absolute Gasteiger partial charge is 0.120 e. The van der Waals surface area contributed by atoms with Crippen molar-refractivity contribution in [2.75, 3.05) is 32.5 Å². The highest BCUT2D eigenvalue weighted by Gasteiger charge is 1.99. The third-order valence-electron chi connectivity index (χ3n) is 2.30. The average Bonchev–Trinajstić information content (AvgIpc) is 2.27. The lowest BCUT2D eigenvalue weighted by Gasteiger charge is -2.13. The summed E-state index contributed by atoms with van der Waals surface area (Å²) in [7, 11) is 4.09. The van der Waals surface area contributed by atoms with E-state index in [1.165, 1.54) is 6.08 Å². The molecule has 0 unspecified atom stereocenters. The van der Waals surface area contributed by atoms with Crippen LogP contribution in [0.5, 0.6) is 0 Å². The van der Waals surface area contributed by atoms with Crippen LogP contribution >= 0.6 is 0 Å². The van der Waals surface area contributed by atoms with Crippen molar-refractivity contribution in [3.05, 3.63) is 35.9 Å². The number of carbonyl (C=O) groups excluding carboxylic acids is 1. The van der Waals surface area contributed by atoms with Gasteiger partial charge in [0.05, 0.1) is 0 Å². The molecule has 0 aromatic heterocycles. The number of allylic oxidation sites excluding steroid dienone is 1. The lowest BCUT2D eigenvalue weighted by Crippen LogP contribution is -2.21. The van der Waals surface area contributed by atoms with Crippen LogP contribution in [0.25, 0.3) is 0 Å². The molecular formula is C13H18N2O. The monoisotopic (exact) mass is 218 g/mol. The molecule has 1 aromatic rings. The number of para-hydroxylation sites is 1. The third kappa shape index (κ3) is 4.30. The van der Waals surface area contributed by atoms with Crippen LogP contribution in [-0.2, 0) is 11.2 Å². The highest BCUT2D eigenvalue weighted by atomic mass is 16.1. The standard InChI is InChI=1S/C13H18N2O/c1-15(2)10-9-14-13-8-4-3-6-12(13)7-5-11-16/h3-6,8,14H,7,9-10H2,1-2H3. The van der Waals surface area contributed by atoms with Crippen molar-refractivity contribution in [2.45, 2.75) is 6.42 Å². The van der Waals surface area contributed by atoms with Gasteiger partial charge in [-0.15, -0.1) is 0 Å². The molecule has 1 N–H and O–H groups in total. The van der Waals surface area contributed by atoms with Crippen LogP contribution in [0.3, 0.4) is 0 Å². The molecular weight excluding hydrogens is 200 g/mol. The van der Waals surface area contributed by atoms with Gasteiger partial charge in [0.1, 0.15) is 5.94 Å². The SMILES string of the molecule is CN(C)CCNc1ccccc1CC=C=O. The van der Waals surface area contributed by atoms with Gasteiger partial charge in [0.2, 0.25) is 0 Å². The molecule has 1 aromatic carbocycles. The number of hydrogen-bond donors (Lipinski definition) is 1. The molecule has 0 amide bonds. The molecule has 0 aliphatic heterocycles. The highest BCUT2D eigenvalue weighted by Crippen LogP contribution is 2.15. The van der Waals surface area contributed by atoms with E-state index in [0.717, 1.165) is 24.3 Å². The first-order valence-corrected chi connectivity index (χ1v) is 5.40. The van der Waals surface area contributed by atoms with Gasteiger partial charge in [-0.05, 0) is 25.7 Å². The lowest BCUT2D eigenvalue weighted by molar-refractivity contribution is 0.425. The summed E-state index contributed by atoms with van der Waals surface area (Å²) in [6.07, 6.45) is 2.14. The van der Waals surface area contributed by atoms with Crippen molar-refractivity contribution in [1.82, 2.24) is 4.90 Å². The zero-order valence-electron chi connectivity index (χ0n) is 9.86. The molecule has 3 nitrogen and oxygen atoms in total. The maximum atomic E-state index is 10.2. The molecule has 0 radical (unpaired) electrons. The van der Waals surface area contributed by atoms with Gasteiger partial charge in [0, 0.05) is 31.3 Å². The molecule has 0 atom stereocenters. The summed E-state index contributed by atoms with van der Waals surface area (Å²) in [5.74, 6) is 1.81. The normalized spacial score (nSPS) is 9.94. The fourth-order valence-corrected chi connectivity index (χ4v) is 1.44. The van der Waals surface area contributed by atoms with E-state index in [1.54, 1.807) is 5.94 Å². The molecule has 1 rings (SSSR count). The Balaban J connectivity index is 2.59. The second kappa shape index (κ2) is 6.83. The Morgan fingerprint density at radius 2 is 2.12 bits per heavy atom. The molecule has 16 heavy (non-hydrogen) atoms. The number of hydrogen-bond acceptors (Lipinski definition) is 3. The Morgan fingerprint density at radius 1 is 1.38 bits per heavy atom. The van der Waals surface area contributed by atoms with Gasteiger partial charge in [0.25, 0.3) is 0 Å². The number of benzene rings is 1. The molecule has 86 valence electrons. The van der Waals surface area contributed by atoms with Crippen LogP contribution in [0.1, 0.15) is 5.56 Å². The van der Waals surface area contributed by atoms with Gasteiger partial charge in [-0.1, -0.05) is 18.2 Å². The summed E-state index contributed by atoms with van der Waals surface area (Å²) in [5, 5.41) is 3.36. The summed E-state index contributed by atoms with van der Waals surface area (Å²) < 4.78 is 0. The summed E-state index contributed by atoms with van der Waals surface area (Å²) >= 11 is 0. The minimum absolute atomic E-state index is 0.634. The Morgan fingerprint density at radius 3 is 2.81 bits per heavy atom. The highest BCUT2D eigenvalue weighted by molar-refractivity contribution is 5.54. The molecule has 0 aliphatic rings. The number of anilines is 1. The minimum atomic E-state index is 0.634. The Kier molecular flexibility index (Phi) is 5.34. The van der Waals surface area contributed by atoms with Crippen molar-refractivity contribution in [2.24, 2.45) is 0 Å². The van der Waals surface area contributed by atoms with Gasteiger partial charge in [0.15, 0.2) is 0 Å². The zero-order chi connectivity index (χ0) is 11.8. The van der Waals surface area contributed by atoms with E-state index in [-0.39, 0.29) is 0 Å². The number of nitrogens with zero attached hydrogens (tertiary/aromatic N) is 1. The van der Waals surface area contributed by atoms with Crippen molar-refractivity contribution >= 4 is 11.6 Å². The molecule has 0 bridgehead atoms. The topological polar surface area (TPSA) is 32.3 Å². The van der Waals surface area contributed by atoms with E-state index < -0.39 is 0 Å². The van der Waals surface area contributed by atoms with Crippen LogP contribution in [0.4, 0.5) is 5.69 Å². The molecule has 0 spiro atoms. The largest absolute Gasteiger partial charge is 0.384 e. The van der Waals surface area contributed by atoms with Crippen LogP contribution in [0, 0.1) is 0 Å². The predicted molar refractivity (Wildman–Crippen MR) is 67.5 cm³/mol. The Hall–Kier alpha value is -1.57. The van der Waals surface area contributed by atoms with Gasteiger partial charge >= 0.3 is 0 Å². The van der Waals surface area contributed by atoms with Gasteiger partial charge in [-0.2, -0.15) is 0 Å². The van der Waals surface area contributed by atoms with Crippen molar-refractivity contribution in [3.8, 4) is 0 Å². The molecule has 0 aliphatic carbocycles. The second-order valence-electron chi connectivity index (χ2n) is 3.91. The summed E-state index contributed by atoms with van der Waals surface area (Å²) in [5.41, 5.74) is 2.22. The van der Waals surface area contributed by atoms with Crippen molar-refractivity contribution in [1.29, 1.82) is 0 Å². The van der Waals surface area contributed by atoms with E-state index in [0.29, 0.717) is 6.42 Å². The van der Waals surface area contributed by atoms with Gasteiger partial charge in [-0.3, -0.25) is 0 Å². The van der Waals surface area contributed by atoms with E-state index >= 15 is 0 Å². The van der Waals surface area contributed by atoms with E-state index in [9.17, 15) is 4.79 Å². The first kappa shape index (κ1) is 12.5. The molecule has 0 fully saturated rings. The van der Waals surface area contributed by atoms with Crippen LogP contribution in [0.2, 0.25) is 0 Å². The Bertz CT molecular complexity index is 368. The van der Waals surface area contributed by atoms with E-state index in [2.05, 4.69) is 10.2 Å². The van der Waals surface area contributed by atoms with Gasteiger partial charge < -0.3 is 10.2 Å². The summed E-state index contributed by atoms with van der Waals surface area (Å²) in [6, 6.07) is 8.02. The molecule has 3 heteroatoms. The van der Waals surface area contributed by atoms with Crippen molar-refractivity contribution in [3.63, 3.8) is 0 Å². The number of rotatable bonds is 6. The maximum absolute atomic E-state index is 10.2. The van der Waals surface area contributed by atoms with Crippen LogP contribution < -0.4 is 5.32 Å². The minimum Gasteiger partial charge on any atom is -0.384 e. The van der Waals surface area contributed by atoms with Crippen LogP contribution in [0.15, 0.2) is 30.3 Å². The summed E-state index contributed by atoms with van der Waals surface area (Å²) in [6.45, 7) is 1.88. The second-order valence-corrected chi connectivity index (χ2v) is 3.91. The lowest BCUT2D eigenvalue weighted by atomic mass is 10.1. The van der Waals surface area contributed by atoms with E-state index in [1.807, 2.05) is 38.4 Å². The van der Waals surface area contributed by atoms with E-state index in [4.69, 9.17) is 0 Å². The first-order valence-electron chi connectivity index (χ1n) is 5.40. The molecule has 0 heterocycles. The molecule has 0 saturated heterocycles. The van der Waals surface area contributed by atoms with Gasteiger partial charge in [-0.25, -0.2) is 4.79 Å². The zero-order valence-corrected chi connectivity index (χ0v) is 9.86. The first-order chi connectivity index (χ1) is 7.74. The van der Waals surface area contributed by atoms with Crippen LogP contribution in [-0.4, -0.2) is 38.0 Å². The van der Waals surface area contributed by atoms with Crippen molar-refractivity contribution < 1.29 is 4.79 Å². The quantitative estimate of drug-likeness (QED) is 0.736. The molecule has 0 saturated carbocycles. The fraction of sp³-hybridized carbons (Fsp3) is 0.385. The fourth-order valence-electron chi connectivity index (χ4n) is 1.44. The third-order valence-corrected chi connectivity index (χ3v) is 2.30. The number of likely N-dealkylation sites (N-methyl/N-ethyl adjacent to an activating group) is 1. The number of nitrogens with one attached hydrogen (secondary N) is 1. The maximum Gasteiger partial charge on any atom is 0.120 e.